The van der Waals surface area contributed by atoms with Gasteiger partial charge in [0.05, 0.1) is 11.3 Å². The zero-order valence-electron chi connectivity index (χ0n) is 14.9. The van der Waals surface area contributed by atoms with Crippen LogP contribution in [-0.2, 0) is 6.54 Å². The molecule has 6 heteroatoms. The lowest BCUT2D eigenvalue weighted by Gasteiger charge is -2.24. The van der Waals surface area contributed by atoms with Crippen molar-refractivity contribution in [1.82, 2.24) is 9.88 Å². The molecule has 4 rings (SSSR count). The average Bonchev–Trinajstić information content (AvgIpc) is 3.23. The monoisotopic (exact) mass is 372 g/mol. The van der Waals surface area contributed by atoms with Gasteiger partial charge in [0.15, 0.2) is 0 Å². The minimum absolute atomic E-state index is 0.141. The Morgan fingerprint density at radius 3 is 2.56 bits per heavy atom. The van der Waals surface area contributed by atoms with Crippen molar-refractivity contribution in [2.24, 2.45) is 0 Å². The van der Waals surface area contributed by atoms with Crippen LogP contribution in [0.25, 0.3) is 11.5 Å². The van der Waals surface area contributed by atoms with E-state index in [2.05, 4.69) is 9.88 Å². The van der Waals surface area contributed by atoms with Gasteiger partial charge in [-0.25, -0.2) is 18.2 Å². The Morgan fingerprint density at radius 1 is 1.07 bits per heavy atom. The molecule has 3 aromatic rings. The third-order valence-electron chi connectivity index (χ3n) is 5.03. The van der Waals surface area contributed by atoms with Gasteiger partial charge in [-0.2, -0.15) is 0 Å². The lowest BCUT2D eigenvalue weighted by atomic mass is 10.0. The molecule has 0 radical (unpaired) electrons. The van der Waals surface area contributed by atoms with Crippen molar-refractivity contribution in [3.05, 3.63) is 76.9 Å². The quantitative estimate of drug-likeness (QED) is 0.614. The molecule has 0 amide bonds. The third kappa shape index (κ3) is 3.62. The van der Waals surface area contributed by atoms with E-state index in [9.17, 15) is 13.2 Å². The highest BCUT2D eigenvalue weighted by Crippen LogP contribution is 2.34. The summed E-state index contributed by atoms with van der Waals surface area (Å²) in [6.07, 6.45) is 2.03. The summed E-state index contributed by atoms with van der Waals surface area (Å²) in [6, 6.07) is 10.1. The normalized spacial score (nSPS) is 17.6. The first kappa shape index (κ1) is 17.8. The number of hydrogen-bond acceptors (Lipinski definition) is 3. The molecule has 1 unspecified atom stereocenters. The summed E-state index contributed by atoms with van der Waals surface area (Å²) in [5.41, 5.74) is 1.94. The first-order valence-electron chi connectivity index (χ1n) is 8.92. The van der Waals surface area contributed by atoms with E-state index in [1.165, 1.54) is 24.3 Å². The number of aryl methyl sites for hydroxylation is 1. The Bertz CT molecular complexity index is 953. The molecule has 0 saturated carbocycles. The molecule has 3 nitrogen and oxygen atoms in total. The lowest BCUT2D eigenvalue weighted by molar-refractivity contribution is 0.244. The second-order valence-corrected chi connectivity index (χ2v) is 6.83. The topological polar surface area (TPSA) is 29.3 Å². The molecule has 1 aliphatic heterocycles. The minimum atomic E-state index is -0.701. The smallest absolute Gasteiger partial charge is 0.229 e. The SMILES string of the molecule is Cc1oc(-c2ccc(F)cc2F)nc1CN1CCCC1c1ccc(F)cc1. The number of halogens is 3. The molecule has 1 saturated heterocycles. The maximum Gasteiger partial charge on any atom is 0.229 e. The van der Waals surface area contributed by atoms with E-state index in [1.807, 2.05) is 12.1 Å². The van der Waals surface area contributed by atoms with Crippen molar-refractivity contribution < 1.29 is 17.6 Å². The van der Waals surface area contributed by atoms with Gasteiger partial charge in [0.1, 0.15) is 23.2 Å². The Balaban J connectivity index is 1.57. The van der Waals surface area contributed by atoms with Crippen LogP contribution < -0.4 is 0 Å². The van der Waals surface area contributed by atoms with Gasteiger partial charge in [0, 0.05) is 18.7 Å². The van der Waals surface area contributed by atoms with Crippen molar-refractivity contribution in [2.45, 2.75) is 32.4 Å². The highest BCUT2D eigenvalue weighted by molar-refractivity contribution is 5.54. The molecule has 1 aliphatic rings. The van der Waals surface area contributed by atoms with Crippen molar-refractivity contribution in [2.75, 3.05) is 6.54 Å². The maximum atomic E-state index is 14.0. The Hall–Kier alpha value is -2.60. The number of hydrogen-bond donors (Lipinski definition) is 0. The maximum absolute atomic E-state index is 14.0. The minimum Gasteiger partial charge on any atom is -0.441 e. The first-order chi connectivity index (χ1) is 13.0. The van der Waals surface area contributed by atoms with Crippen LogP contribution in [-0.4, -0.2) is 16.4 Å². The predicted octanol–water partition coefficient (Wildman–Crippen LogP) is 5.40. The summed E-state index contributed by atoms with van der Waals surface area (Å²) in [6.45, 7) is 3.24. The summed E-state index contributed by atoms with van der Waals surface area (Å²) in [5.74, 6) is -0.829. The summed E-state index contributed by atoms with van der Waals surface area (Å²) in [7, 11) is 0. The Labute approximate surface area is 155 Å². The van der Waals surface area contributed by atoms with Crippen LogP contribution in [0.2, 0.25) is 0 Å². The Morgan fingerprint density at radius 2 is 1.81 bits per heavy atom. The van der Waals surface area contributed by atoms with Crippen molar-refractivity contribution >= 4 is 0 Å². The molecule has 1 atom stereocenters. The molecule has 140 valence electrons. The molecular weight excluding hydrogens is 353 g/mol. The first-order valence-corrected chi connectivity index (χ1v) is 8.92. The van der Waals surface area contributed by atoms with E-state index in [0.717, 1.165) is 36.7 Å². The van der Waals surface area contributed by atoms with Gasteiger partial charge in [-0.1, -0.05) is 12.1 Å². The van der Waals surface area contributed by atoms with Gasteiger partial charge in [0.2, 0.25) is 5.89 Å². The van der Waals surface area contributed by atoms with Crippen molar-refractivity contribution in [3.63, 3.8) is 0 Å². The van der Waals surface area contributed by atoms with Crippen LogP contribution in [0.5, 0.6) is 0 Å². The highest BCUT2D eigenvalue weighted by Gasteiger charge is 2.28. The number of likely N-dealkylation sites (tertiary alicyclic amines) is 1. The van der Waals surface area contributed by atoms with E-state index < -0.39 is 11.6 Å². The van der Waals surface area contributed by atoms with Gasteiger partial charge < -0.3 is 4.42 Å². The largest absolute Gasteiger partial charge is 0.441 e. The lowest BCUT2D eigenvalue weighted by Crippen LogP contribution is -2.23. The van der Waals surface area contributed by atoms with Crippen LogP contribution in [0.3, 0.4) is 0 Å². The zero-order chi connectivity index (χ0) is 19.0. The van der Waals surface area contributed by atoms with E-state index >= 15 is 0 Å². The zero-order valence-corrected chi connectivity index (χ0v) is 14.9. The van der Waals surface area contributed by atoms with E-state index in [4.69, 9.17) is 4.42 Å². The Kier molecular flexibility index (Phi) is 4.74. The van der Waals surface area contributed by atoms with Crippen LogP contribution in [0.1, 0.15) is 35.9 Å². The molecule has 2 aromatic carbocycles. The summed E-state index contributed by atoms with van der Waals surface area (Å²) < 4.78 is 46.0. The van der Waals surface area contributed by atoms with Crippen LogP contribution >= 0.6 is 0 Å². The van der Waals surface area contributed by atoms with Gasteiger partial charge in [-0.3, -0.25) is 4.90 Å². The van der Waals surface area contributed by atoms with Crippen molar-refractivity contribution in [3.8, 4) is 11.5 Å². The standard InChI is InChI=1S/C21H19F3N2O/c1-13-19(25-21(27-13)17-9-8-16(23)11-18(17)24)12-26-10-2-3-20(26)14-4-6-15(22)7-5-14/h4-9,11,20H,2-3,10,12H2,1H3. The number of nitrogens with zero attached hydrogens (tertiary/aromatic N) is 2. The van der Waals surface area contributed by atoms with E-state index in [1.54, 1.807) is 6.92 Å². The van der Waals surface area contributed by atoms with Gasteiger partial charge >= 0.3 is 0 Å². The number of benzene rings is 2. The predicted molar refractivity (Wildman–Crippen MR) is 95.4 cm³/mol. The van der Waals surface area contributed by atoms with Gasteiger partial charge in [0.25, 0.3) is 0 Å². The molecule has 0 spiro atoms. The second-order valence-electron chi connectivity index (χ2n) is 6.83. The molecule has 0 aliphatic carbocycles. The van der Waals surface area contributed by atoms with E-state index in [0.29, 0.717) is 12.3 Å². The summed E-state index contributed by atoms with van der Waals surface area (Å²) in [5, 5.41) is 0. The molecule has 1 aromatic heterocycles. The van der Waals surface area contributed by atoms with Crippen LogP contribution in [0.15, 0.2) is 46.9 Å². The fraction of sp³-hybridized carbons (Fsp3) is 0.286. The fourth-order valence-electron chi connectivity index (χ4n) is 3.62. The summed E-state index contributed by atoms with van der Waals surface area (Å²) >= 11 is 0. The van der Waals surface area contributed by atoms with Gasteiger partial charge in [-0.05, 0) is 56.1 Å². The molecule has 2 heterocycles. The molecule has 0 N–H and O–H groups in total. The third-order valence-corrected chi connectivity index (χ3v) is 5.03. The van der Waals surface area contributed by atoms with Crippen molar-refractivity contribution in [1.29, 1.82) is 0 Å². The molecular formula is C21H19F3N2O. The number of rotatable bonds is 4. The van der Waals surface area contributed by atoms with Crippen LogP contribution in [0, 0.1) is 24.4 Å². The number of oxazole rings is 1. The van der Waals surface area contributed by atoms with Crippen LogP contribution in [0.4, 0.5) is 13.2 Å². The average molecular weight is 372 g/mol. The second kappa shape index (κ2) is 7.19. The van der Waals surface area contributed by atoms with Gasteiger partial charge in [-0.15, -0.1) is 0 Å². The highest BCUT2D eigenvalue weighted by atomic mass is 19.1. The molecule has 27 heavy (non-hydrogen) atoms. The fourth-order valence-corrected chi connectivity index (χ4v) is 3.62. The number of aromatic nitrogens is 1. The molecule has 0 bridgehead atoms. The molecule has 1 fully saturated rings. The summed E-state index contributed by atoms with van der Waals surface area (Å²) in [4.78, 5) is 6.71. The van der Waals surface area contributed by atoms with E-state index in [-0.39, 0.29) is 23.3 Å².